The molecular weight excluding hydrogens is 204 g/mol. The fraction of sp³-hybridized carbons (Fsp3) is 0.846. The Morgan fingerprint density at radius 3 is 2.12 bits per heavy atom. The Hall–Kier alpha value is -0.860. The van der Waals surface area contributed by atoms with E-state index in [1.54, 1.807) is 13.8 Å². The lowest BCUT2D eigenvalue weighted by atomic mass is 9.87. The number of Topliss-reactive ketones (excluding diaryl/α,β-unsaturated/α-hetero) is 1. The van der Waals surface area contributed by atoms with E-state index in [0.29, 0.717) is 25.0 Å². The van der Waals surface area contributed by atoms with Crippen molar-refractivity contribution in [1.82, 2.24) is 0 Å². The van der Waals surface area contributed by atoms with Gasteiger partial charge in [-0.05, 0) is 33.1 Å². The lowest BCUT2D eigenvalue weighted by Gasteiger charge is -2.18. The van der Waals surface area contributed by atoms with Crippen LogP contribution in [0.1, 0.15) is 65.7 Å². The van der Waals surface area contributed by atoms with Crippen molar-refractivity contribution in [2.24, 2.45) is 5.41 Å². The molecule has 0 fully saturated rings. The fourth-order valence-corrected chi connectivity index (χ4v) is 1.49. The summed E-state index contributed by atoms with van der Waals surface area (Å²) in [6, 6.07) is 0. The van der Waals surface area contributed by atoms with Crippen LogP contribution in [0.3, 0.4) is 0 Å². The molecule has 0 aromatic carbocycles. The predicted molar refractivity (Wildman–Crippen MR) is 64.4 cm³/mol. The third kappa shape index (κ3) is 6.59. The van der Waals surface area contributed by atoms with Gasteiger partial charge in [-0.25, -0.2) is 0 Å². The summed E-state index contributed by atoms with van der Waals surface area (Å²) in [5.41, 5.74) is -0.660. The number of hydrogen-bond donors (Lipinski definition) is 1. The molecule has 0 aliphatic heterocycles. The molecule has 0 bridgehead atoms. The van der Waals surface area contributed by atoms with Crippen molar-refractivity contribution in [3.8, 4) is 0 Å². The molecule has 0 aromatic rings. The average Bonchev–Trinajstić information content (AvgIpc) is 2.21. The normalized spacial score (nSPS) is 11.4. The number of carboxylic acids is 1. The summed E-state index contributed by atoms with van der Waals surface area (Å²) in [6.07, 6.45) is 5.59. The van der Waals surface area contributed by atoms with Gasteiger partial charge in [0.05, 0.1) is 5.41 Å². The van der Waals surface area contributed by atoms with Crippen LogP contribution in [0.2, 0.25) is 0 Å². The number of aliphatic carboxylic acids is 1. The van der Waals surface area contributed by atoms with Gasteiger partial charge >= 0.3 is 5.97 Å². The third-order valence-corrected chi connectivity index (χ3v) is 2.90. The lowest BCUT2D eigenvalue weighted by molar-refractivity contribution is -0.147. The third-order valence-electron chi connectivity index (χ3n) is 2.90. The lowest BCUT2D eigenvalue weighted by Crippen LogP contribution is -2.23. The summed E-state index contributed by atoms with van der Waals surface area (Å²) in [6.45, 7) is 5.53. The molecule has 0 saturated carbocycles. The van der Waals surface area contributed by atoms with Crippen LogP contribution >= 0.6 is 0 Å². The molecule has 0 aliphatic rings. The summed E-state index contributed by atoms with van der Waals surface area (Å²) < 4.78 is 0. The Kier molecular flexibility index (Phi) is 7.02. The standard InChI is InChI=1S/C13H24O3/c1-4-5-8-11(14)9-6-7-10-13(2,3)12(15)16/h4-10H2,1-3H3,(H,15,16). The Morgan fingerprint density at radius 2 is 1.62 bits per heavy atom. The van der Waals surface area contributed by atoms with Gasteiger partial charge in [0.1, 0.15) is 5.78 Å². The zero-order valence-electron chi connectivity index (χ0n) is 10.7. The highest BCUT2D eigenvalue weighted by molar-refractivity contribution is 5.78. The van der Waals surface area contributed by atoms with E-state index in [0.717, 1.165) is 25.7 Å². The zero-order chi connectivity index (χ0) is 12.6. The average molecular weight is 228 g/mol. The molecule has 0 saturated heterocycles. The summed E-state index contributed by atoms with van der Waals surface area (Å²) >= 11 is 0. The van der Waals surface area contributed by atoms with Crippen molar-refractivity contribution in [1.29, 1.82) is 0 Å². The summed E-state index contributed by atoms with van der Waals surface area (Å²) in [5, 5.41) is 8.90. The Bertz CT molecular complexity index is 231. The van der Waals surface area contributed by atoms with E-state index in [2.05, 4.69) is 6.92 Å². The second-order valence-corrected chi connectivity index (χ2v) is 5.04. The minimum Gasteiger partial charge on any atom is -0.481 e. The molecule has 0 amide bonds. The van der Waals surface area contributed by atoms with Crippen LogP contribution in [0.25, 0.3) is 0 Å². The Morgan fingerprint density at radius 1 is 1.06 bits per heavy atom. The fourth-order valence-electron chi connectivity index (χ4n) is 1.49. The number of carbonyl (C=O) groups is 2. The van der Waals surface area contributed by atoms with Gasteiger partial charge in [-0.1, -0.05) is 19.8 Å². The minimum atomic E-state index is -0.759. The Labute approximate surface area is 98.2 Å². The van der Waals surface area contributed by atoms with Gasteiger partial charge in [0.25, 0.3) is 0 Å². The van der Waals surface area contributed by atoms with Crippen LogP contribution < -0.4 is 0 Å². The minimum absolute atomic E-state index is 0.315. The molecule has 94 valence electrons. The molecule has 1 N–H and O–H groups in total. The van der Waals surface area contributed by atoms with Crippen molar-refractivity contribution in [3.63, 3.8) is 0 Å². The molecule has 0 heterocycles. The first kappa shape index (κ1) is 15.1. The molecular formula is C13H24O3. The number of ketones is 1. The molecule has 0 spiro atoms. The molecule has 3 heteroatoms. The number of hydrogen-bond acceptors (Lipinski definition) is 2. The van der Waals surface area contributed by atoms with Crippen molar-refractivity contribution in [2.45, 2.75) is 65.7 Å². The molecule has 0 aliphatic carbocycles. The molecule has 0 atom stereocenters. The van der Waals surface area contributed by atoms with Crippen LogP contribution in [0, 0.1) is 5.41 Å². The molecule has 16 heavy (non-hydrogen) atoms. The molecule has 0 unspecified atom stereocenters. The maximum absolute atomic E-state index is 11.3. The first-order chi connectivity index (χ1) is 7.40. The molecule has 0 radical (unpaired) electrons. The highest BCUT2D eigenvalue weighted by atomic mass is 16.4. The molecule has 0 aromatic heterocycles. The van der Waals surface area contributed by atoms with Crippen LogP contribution in [-0.4, -0.2) is 16.9 Å². The second-order valence-electron chi connectivity index (χ2n) is 5.04. The van der Waals surface area contributed by atoms with Crippen molar-refractivity contribution >= 4 is 11.8 Å². The number of carboxylic acid groups (broad SMARTS) is 1. The van der Waals surface area contributed by atoms with E-state index in [9.17, 15) is 9.59 Å². The van der Waals surface area contributed by atoms with Crippen LogP contribution in [0.15, 0.2) is 0 Å². The van der Waals surface area contributed by atoms with Crippen molar-refractivity contribution in [2.75, 3.05) is 0 Å². The molecule has 0 rings (SSSR count). The van der Waals surface area contributed by atoms with Crippen LogP contribution in [-0.2, 0) is 9.59 Å². The Balaban J connectivity index is 3.60. The van der Waals surface area contributed by atoms with Gasteiger partial charge in [0.15, 0.2) is 0 Å². The predicted octanol–water partition coefficient (Wildman–Crippen LogP) is 3.42. The largest absolute Gasteiger partial charge is 0.481 e. The van der Waals surface area contributed by atoms with Gasteiger partial charge in [-0.3, -0.25) is 9.59 Å². The first-order valence-corrected chi connectivity index (χ1v) is 6.15. The van der Waals surface area contributed by atoms with E-state index in [1.807, 2.05) is 0 Å². The van der Waals surface area contributed by atoms with Gasteiger partial charge < -0.3 is 5.11 Å². The summed E-state index contributed by atoms with van der Waals surface area (Å²) in [7, 11) is 0. The maximum Gasteiger partial charge on any atom is 0.309 e. The monoisotopic (exact) mass is 228 g/mol. The van der Waals surface area contributed by atoms with Gasteiger partial charge in [0.2, 0.25) is 0 Å². The van der Waals surface area contributed by atoms with E-state index < -0.39 is 11.4 Å². The SMILES string of the molecule is CCCCC(=O)CCCCC(C)(C)C(=O)O. The van der Waals surface area contributed by atoms with E-state index in [4.69, 9.17) is 5.11 Å². The molecule has 3 nitrogen and oxygen atoms in total. The van der Waals surface area contributed by atoms with Gasteiger partial charge in [0, 0.05) is 12.8 Å². The smallest absolute Gasteiger partial charge is 0.309 e. The van der Waals surface area contributed by atoms with E-state index in [-0.39, 0.29) is 0 Å². The van der Waals surface area contributed by atoms with Crippen LogP contribution in [0.4, 0.5) is 0 Å². The quantitative estimate of drug-likeness (QED) is 0.615. The van der Waals surface area contributed by atoms with Crippen molar-refractivity contribution in [3.05, 3.63) is 0 Å². The zero-order valence-corrected chi connectivity index (χ0v) is 10.7. The van der Waals surface area contributed by atoms with E-state index in [1.165, 1.54) is 0 Å². The van der Waals surface area contributed by atoms with Gasteiger partial charge in [-0.15, -0.1) is 0 Å². The van der Waals surface area contributed by atoms with Gasteiger partial charge in [-0.2, -0.15) is 0 Å². The number of unbranched alkanes of at least 4 members (excludes halogenated alkanes) is 2. The summed E-state index contributed by atoms with van der Waals surface area (Å²) in [5.74, 6) is -0.445. The second kappa shape index (κ2) is 7.42. The maximum atomic E-state index is 11.3. The van der Waals surface area contributed by atoms with E-state index >= 15 is 0 Å². The highest BCUT2D eigenvalue weighted by Gasteiger charge is 2.25. The summed E-state index contributed by atoms with van der Waals surface area (Å²) in [4.78, 5) is 22.2. The number of rotatable bonds is 9. The highest BCUT2D eigenvalue weighted by Crippen LogP contribution is 2.23. The van der Waals surface area contributed by atoms with Crippen LogP contribution in [0.5, 0.6) is 0 Å². The number of carbonyl (C=O) groups excluding carboxylic acids is 1. The topological polar surface area (TPSA) is 54.4 Å². The van der Waals surface area contributed by atoms with Crippen molar-refractivity contribution < 1.29 is 14.7 Å². The first-order valence-electron chi connectivity index (χ1n) is 6.15.